The minimum absolute atomic E-state index is 0.0918. The number of thiophene rings is 2. The SMILES string of the molecule is CC(C)(C)NC(=O)O[C@@H](CCCCNS(=O)(=O)Cc1ccccc1)C(=O)N(Cc1cccs1)Cc1cccs1. The van der Waals surface area contributed by atoms with Gasteiger partial charge in [0.2, 0.25) is 10.0 Å². The van der Waals surface area contributed by atoms with E-state index >= 15 is 0 Å². The maximum Gasteiger partial charge on any atom is 0.408 e. The van der Waals surface area contributed by atoms with E-state index in [1.807, 2.05) is 61.9 Å². The Morgan fingerprint density at radius 2 is 1.54 bits per heavy atom. The van der Waals surface area contributed by atoms with Crippen LogP contribution in [0, 0.1) is 0 Å². The fraction of sp³-hybridized carbons (Fsp3) is 0.429. The second-order valence-electron chi connectivity index (χ2n) is 10.3. The highest BCUT2D eigenvalue weighted by Gasteiger charge is 2.29. The van der Waals surface area contributed by atoms with Gasteiger partial charge in [-0.1, -0.05) is 42.5 Å². The van der Waals surface area contributed by atoms with Gasteiger partial charge in [-0.2, -0.15) is 0 Å². The number of ether oxygens (including phenoxy) is 1. The molecule has 2 heterocycles. The Bertz CT molecular complexity index is 1220. The van der Waals surface area contributed by atoms with E-state index < -0.39 is 27.8 Å². The molecule has 0 saturated heterocycles. The number of carbonyl (C=O) groups is 2. The van der Waals surface area contributed by atoms with Crippen LogP contribution >= 0.6 is 22.7 Å². The molecule has 1 atom stereocenters. The van der Waals surface area contributed by atoms with Gasteiger partial charge in [-0.05, 0) is 68.5 Å². The average Bonchev–Trinajstić information content (AvgIpc) is 3.56. The summed E-state index contributed by atoms with van der Waals surface area (Å²) in [6.45, 7) is 6.58. The summed E-state index contributed by atoms with van der Waals surface area (Å²) in [5.74, 6) is -0.364. The third-order valence-electron chi connectivity index (χ3n) is 5.58. The van der Waals surface area contributed by atoms with Crippen molar-refractivity contribution < 1.29 is 22.7 Å². The summed E-state index contributed by atoms with van der Waals surface area (Å²) < 4.78 is 33.1. The van der Waals surface area contributed by atoms with Gasteiger partial charge in [-0.25, -0.2) is 17.9 Å². The van der Waals surface area contributed by atoms with Gasteiger partial charge in [0, 0.05) is 21.8 Å². The molecule has 212 valence electrons. The lowest BCUT2D eigenvalue weighted by atomic mass is 10.1. The minimum atomic E-state index is -3.48. The van der Waals surface area contributed by atoms with Crippen LogP contribution in [0.5, 0.6) is 0 Å². The van der Waals surface area contributed by atoms with Crippen molar-refractivity contribution in [3.8, 4) is 0 Å². The molecule has 0 aliphatic rings. The molecule has 0 fully saturated rings. The van der Waals surface area contributed by atoms with E-state index in [1.54, 1.807) is 51.8 Å². The molecular weight excluding hydrogens is 555 g/mol. The second-order valence-corrected chi connectivity index (χ2v) is 14.1. The maximum absolute atomic E-state index is 13.7. The van der Waals surface area contributed by atoms with Gasteiger partial charge in [0.05, 0.1) is 18.8 Å². The van der Waals surface area contributed by atoms with E-state index in [1.165, 1.54) is 0 Å². The number of sulfonamides is 1. The first-order chi connectivity index (χ1) is 18.5. The van der Waals surface area contributed by atoms with Gasteiger partial charge in [-0.3, -0.25) is 4.79 Å². The van der Waals surface area contributed by atoms with E-state index in [4.69, 9.17) is 4.74 Å². The Hall–Kier alpha value is -2.73. The molecule has 0 unspecified atom stereocenters. The highest BCUT2D eigenvalue weighted by Crippen LogP contribution is 2.20. The molecule has 0 bridgehead atoms. The third-order valence-corrected chi connectivity index (χ3v) is 8.66. The van der Waals surface area contributed by atoms with E-state index in [0.29, 0.717) is 31.5 Å². The van der Waals surface area contributed by atoms with Crippen LogP contribution in [0.4, 0.5) is 4.79 Å². The Labute approximate surface area is 239 Å². The first-order valence-corrected chi connectivity index (χ1v) is 16.3. The second kappa shape index (κ2) is 14.6. The lowest BCUT2D eigenvalue weighted by Crippen LogP contribution is -2.46. The van der Waals surface area contributed by atoms with Crippen LogP contribution in [0.25, 0.3) is 0 Å². The summed E-state index contributed by atoms with van der Waals surface area (Å²) in [5, 5.41) is 6.69. The topological polar surface area (TPSA) is 105 Å². The van der Waals surface area contributed by atoms with Crippen LogP contribution < -0.4 is 10.0 Å². The highest BCUT2D eigenvalue weighted by atomic mass is 32.2. The molecule has 3 aromatic rings. The quantitative estimate of drug-likeness (QED) is 0.240. The number of nitrogens with one attached hydrogen (secondary N) is 2. The van der Waals surface area contributed by atoms with Crippen LogP contribution in [0.15, 0.2) is 65.4 Å². The van der Waals surface area contributed by atoms with Crippen molar-refractivity contribution in [1.29, 1.82) is 0 Å². The number of hydrogen-bond donors (Lipinski definition) is 2. The molecule has 2 amide bonds. The molecule has 1 aromatic carbocycles. The molecule has 0 radical (unpaired) electrons. The van der Waals surface area contributed by atoms with Gasteiger partial charge >= 0.3 is 6.09 Å². The molecule has 2 N–H and O–H groups in total. The number of carbonyl (C=O) groups excluding carboxylic acids is 2. The van der Waals surface area contributed by atoms with Gasteiger partial charge in [-0.15, -0.1) is 22.7 Å². The van der Waals surface area contributed by atoms with Crippen LogP contribution in [0.2, 0.25) is 0 Å². The number of rotatable bonds is 14. The van der Waals surface area contributed by atoms with Crippen LogP contribution in [-0.2, 0) is 38.4 Å². The normalized spacial score (nSPS) is 12.6. The van der Waals surface area contributed by atoms with E-state index in [2.05, 4.69) is 10.0 Å². The van der Waals surface area contributed by atoms with Crippen LogP contribution in [0.1, 0.15) is 55.4 Å². The standard InChI is InChI=1S/C28H37N3O5S3/c1-28(2,3)30-27(33)36-25(15-7-8-16-29-39(34,35)21-22-11-5-4-6-12-22)26(32)31(19-23-13-9-17-37-23)20-24-14-10-18-38-24/h4-6,9-14,17-18,25,29H,7-8,15-16,19-21H2,1-3H3,(H,30,33)/t25-/m0/s1. The summed E-state index contributed by atoms with van der Waals surface area (Å²) in [7, 11) is -3.48. The molecule has 11 heteroatoms. The molecule has 0 aliphatic heterocycles. The Morgan fingerprint density at radius 3 is 2.08 bits per heavy atom. The molecule has 0 spiro atoms. The molecule has 8 nitrogen and oxygen atoms in total. The molecule has 3 rings (SSSR count). The van der Waals surface area contributed by atoms with E-state index in [0.717, 1.165) is 9.75 Å². The molecule has 39 heavy (non-hydrogen) atoms. The summed E-state index contributed by atoms with van der Waals surface area (Å²) >= 11 is 3.13. The average molecular weight is 592 g/mol. The molecule has 0 saturated carbocycles. The zero-order valence-electron chi connectivity index (χ0n) is 22.6. The zero-order chi connectivity index (χ0) is 28.3. The number of hydrogen-bond acceptors (Lipinski definition) is 7. The first-order valence-electron chi connectivity index (χ1n) is 12.8. The molecular formula is C28H37N3O5S3. The van der Waals surface area contributed by atoms with Gasteiger partial charge in [0.25, 0.3) is 5.91 Å². The Morgan fingerprint density at radius 1 is 0.923 bits per heavy atom. The Kier molecular flexibility index (Phi) is 11.5. The predicted octanol–water partition coefficient (Wildman–Crippen LogP) is 5.52. The number of benzene rings is 1. The number of alkyl carbamates (subject to hydrolysis) is 1. The zero-order valence-corrected chi connectivity index (χ0v) is 25.0. The Balaban J connectivity index is 1.63. The van der Waals surface area contributed by atoms with Crippen molar-refractivity contribution in [1.82, 2.24) is 14.9 Å². The number of amides is 2. The van der Waals surface area contributed by atoms with Crippen LogP contribution in [-0.4, -0.2) is 43.5 Å². The van der Waals surface area contributed by atoms with Crippen molar-refractivity contribution >= 4 is 44.7 Å². The fourth-order valence-electron chi connectivity index (χ4n) is 3.82. The van der Waals surface area contributed by atoms with Crippen LogP contribution in [0.3, 0.4) is 0 Å². The summed E-state index contributed by atoms with van der Waals surface area (Å²) in [5.41, 5.74) is 0.195. The first kappa shape index (κ1) is 30.8. The molecule has 2 aromatic heterocycles. The van der Waals surface area contributed by atoms with Gasteiger partial charge in [0.1, 0.15) is 0 Å². The van der Waals surface area contributed by atoms with E-state index in [-0.39, 0.29) is 24.6 Å². The summed E-state index contributed by atoms with van der Waals surface area (Å²) in [4.78, 5) is 30.2. The summed E-state index contributed by atoms with van der Waals surface area (Å²) in [6.07, 6.45) is -0.372. The highest BCUT2D eigenvalue weighted by molar-refractivity contribution is 7.88. The van der Waals surface area contributed by atoms with Crippen molar-refractivity contribution in [3.05, 3.63) is 80.7 Å². The smallest absolute Gasteiger partial charge is 0.408 e. The third kappa shape index (κ3) is 11.5. The van der Waals surface area contributed by atoms with Crippen molar-refractivity contribution in [3.63, 3.8) is 0 Å². The number of nitrogens with zero attached hydrogens (tertiary/aromatic N) is 1. The minimum Gasteiger partial charge on any atom is -0.436 e. The van der Waals surface area contributed by atoms with Crippen molar-refractivity contribution in [2.75, 3.05) is 6.54 Å². The van der Waals surface area contributed by atoms with Gasteiger partial charge in [0.15, 0.2) is 6.10 Å². The summed E-state index contributed by atoms with van der Waals surface area (Å²) in [6, 6.07) is 16.8. The lowest BCUT2D eigenvalue weighted by molar-refractivity contribution is -0.142. The largest absolute Gasteiger partial charge is 0.436 e. The maximum atomic E-state index is 13.7. The predicted molar refractivity (Wildman–Crippen MR) is 157 cm³/mol. The van der Waals surface area contributed by atoms with Crippen molar-refractivity contribution in [2.45, 2.75) is 70.5 Å². The lowest BCUT2D eigenvalue weighted by Gasteiger charge is -2.28. The van der Waals surface area contributed by atoms with Gasteiger partial charge < -0.3 is 15.0 Å². The monoisotopic (exact) mass is 591 g/mol. The fourth-order valence-corrected chi connectivity index (χ4v) is 6.45. The van der Waals surface area contributed by atoms with E-state index in [9.17, 15) is 18.0 Å². The number of unbranched alkanes of at least 4 members (excludes halogenated alkanes) is 1. The molecule has 0 aliphatic carbocycles. The van der Waals surface area contributed by atoms with Crippen molar-refractivity contribution in [2.24, 2.45) is 0 Å².